The summed E-state index contributed by atoms with van der Waals surface area (Å²) in [6.07, 6.45) is 4.09. The highest BCUT2D eigenvalue weighted by molar-refractivity contribution is 7.13. The van der Waals surface area contributed by atoms with Gasteiger partial charge in [-0.15, -0.1) is 11.3 Å². The Kier molecular flexibility index (Phi) is 5.00. The molecule has 0 radical (unpaired) electrons. The highest BCUT2D eigenvalue weighted by Gasteiger charge is 2.18. The smallest absolute Gasteiger partial charge is 0.227 e. The lowest BCUT2D eigenvalue weighted by Gasteiger charge is -2.30. The molecule has 3 heterocycles. The summed E-state index contributed by atoms with van der Waals surface area (Å²) in [6.45, 7) is 3.58. The van der Waals surface area contributed by atoms with Gasteiger partial charge in [-0.1, -0.05) is 11.2 Å². The Hall–Kier alpha value is -1.24. The number of aromatic nitrogens is 2. The van der Waals surface area contributed by atoms with Gasteiger partial charge < -0.3 is 14.5 Å². The number of aliphatic hydroxyl groups excluding tert-OH is 1. The lowest BCUT2D eigenvalue weighted by molar-refractivity contribution is 0.130. The van der Waals surface area contributed by atoms with Crippen molar-refractivity contribution in [3.8, 4) is 10.7 Å². The molecule has 1 N–H and O–H groups in total. The van der Waals surface area contributed by atoms with Gasteiger partial charge in [0.25, 0.3) is 0 Å². The SMILES string of the molecule is OCC1CCN(CCCc2nc(-c3cccs3)no2)CC1. The molecule has 21 heavy (non-hydrogen) atoms. The van der Waals surface area contributed by atoms with Crippen LogP contribution in [0.5, 0.6) is 0 Å². The summed E-state index contributed by atoms with van der Waals surface area (Å²) >= 11 is 1.62. The minimum Gasteiger partial charge on any atom is -0.396 e. The first-order chi connectivity index (χ1) is 10.3. The Morgan fingerprint density at radius 2 is 2.24 bits per heavy atom. The first-order valence-electron chi connectivity index (χ1n) is 7.55. The molecule has 5 nitrogen and oxygen atoms in total. The molecule has 3 rings (SSSR count). The topological polar surface area (TPSA) is 62.4 Å². The third-order valence-corrected chi connectivity index (χ3v) is 4.91. The summed E-state index contributed by atoms with van der Waals surface area (Å²) in [4.78, 5) is 7.95. The van der Waals surface area contributed by atoms with Crippen molar-refractivity contribution in [3.05, 3.63) is 23.4 Å². The number of hydrogen-bond acceptors (Lipinski definition) is 6. The first kappa shape index (κ1) is 14.7. The number of hydrogen-bond donors (Lipinski definition) is 1. The first-order valence-corrected chi connectivity index (χ1v) is 8.43. The standard InChI is InChI=1S/C15H21N3O2S/c19-11-12-5-8-18(9-6-12)7-1-4-14-16-15(17-20-14)13-3-2-10-21-13/h2-3,10,12,19H,1,4-9,11H2. The third-order valence-electron chi connectivity index (χ3n) is 4.04. The molecular weight excluding hydrogens is 286 g/mol. The highest BCUT2D eigenvalue weighted by atomic mass is 32.1. The molecule has 0 unspecified atom stereocenters. The Balaban J connectivity index is 1.42. The van der Waals surface area contributed by atoms with Crippen LogP contribution in [0.3, 0.4) is 0 Å². The summed E-state index contributed by atoms with van der Waals surface area (Å²) in [7, 11) is 0. The molecule has 0 amide bonds. The fraction of sp³-hybridized carbons (Fsp3) is 0.600. The summed E-state index contributed by atoms with van der Waals surface area (Å²) in [6, 6.07) is 4.00. The van der Waals surface area contributed by atoms with Crippen LogP contribution >= 0.6 is 11.3 Å². The molecular formula is C15H21N3O2S. The normalized spacial score (nSPS) is 17.4. The van der Waals surface area contributed by atoms with Gasteiger partial charge in [-0.3, -0.25) is 0 Å². The van der Waals surface area contributed by atoms with E-state index in [0.29, 0.717) is 18.3 Å². The Morgan fingerprint density at radius 3 is 2.95 bits per heavy atom. The summed E-state index contributed by atoms with van der Waals surface area (Å²) in [5.41, 5.74) is 0. The van der Waals surface area contributed by atoms with Crippen molar-refractivity contribution in [2.45, 2.75) is 25.7 Å². The van der Waals surface area contributed by atoms with Crippen molar-refractivity contribution in [1.82, 2.24) is 15.0 Å². The maximum Gasteiger partial charge on any atom is 0.227 e. The molecule has 0 spiro atoms. The molecule has 1 aliphatic rings. The second-order valence-corrected chi connectivity index (χ2v) is 6.51. The zero-order valence-corrected chi connectivity index (χ0v) is 12.9. The van der Waals surface area contributed by atoms with E-state index >= 15 is 0 Å². The molecule has 6 heteroatoms. The van der Waals surface area contributed by atoms with Crippen LogP contribution in [0.2, 0.25) is 0 Å². The molecule has 1 aliphatic heterocycles. The van der Waals surface area contributed by atoms with Gasteiger partial charge in [0.15, 0.2) is 0 Å². The molecule has 0 atom stereocenters. The molecule has 1 saturated heterocycles. The van der Waals surface area contributed by atoms with Gasteiger partial charge in [0.1, 0.15) is 0 Å². The van der Waals surface area contributed by atoms with Gasteiger partial charge in [0, 0.05) is 13.0 Å². The number of rotatable bonds is 6. The number of piperidine rings is 1. The van der Waals surface area contributed by atoms with E-state index in [9.17, 15) is 0 Å². The minimum absolute atomic E-state index is 0.335. The summed E-state index contributed by atoms with van der Waals surface area (Å²) in [5.74, 6) is 1.93. The number of thiophene rings is 1. The summed E-state index contributed by atoms with van der Waals surface area (Å²) < 4.78 is 5.31. The molecule has 0 aromatic carbocycles. The molecule has 1 fully saturated rings. The van der Waals surface area contributed by atoms with E-state index in [1.165, 1.54) is 0 Å². The maximum atomic E-state index is 9.14. The van der Waals surface area contributed by atoms with Crippen LogP contribution in [0, 0.1) is 5.92 Å². The zero-order chi connectivity index (χ0) is 14.5. The zero-order valence-electron chi connectivity index (χ0n) is 12.1. The van der Waals surface area contributed by atoms with Crippen LogP contribution in [0.1, 0.15) is 25.2 Å². The van der Waals surface area contributed by atoms with E-state index in [0.717, 1.165) is 56.1 Å². The van der Waals surface area contributed by atoms with Crippen LogP contribution in [0.15, 0.2) is 22.0 Å². The molecule has 2 aromatic heterocycles. The lowest BCUT2D eigenvalue weighted by Crippen LogP contribution is -2.35. The quantitative estimate of drug-likeness (QED) is 0.888. The van der Waals surface area contributed by atoms with E-state index in [1.54, 1.807) is 11.3 Å². The van der Waals surface area contributed by atoms with Crippen LogP contribution in [0.4, 0.5) is 0 Å². The molecule has 0 bridgehead atoms. The van der Waals surface area contributed by atoms with Crippen molar-refractivity contribution in [2.24, 2.45) is 5.92 Å². The Morgan fingerprint density at radius 1 is 1.38 bits per heavy atom. The van der Waals surface area contributed by atoms with Crippen molar-refractivity contribution >= 4 is 11.3 Å². The van der Waals surface area contributed by atoms with Gasteiger partial charge in [0.05, 0.1) is 4.88 Å². The van der Waals surface area contributed by atoms with E-state index in [4.69, 9.17) is 9.63 Å². The van der Waals surface area contributed by atoms with E-state index in [-0.39, 0.29) is 0 Å². The van der Waals surface area contributed by atoms with Crippen molar-refractivity contribution in [1.29, 1.82) is 0 Å². The fourth-order valence-electron chi connectivity index (χ4n) is 2.71. The Labute approximate surface area is 128 Å². The molecule has 2 aromatic rings. The average molecular weight is 307 g/mol. The number of aryl methyl sites for hydroxylation is 1. The molecule has 114 valence electrons. The largest absolute Gasteiger partial charge is 0.396 e. The third kappa shape index (κ3) is 3.90. The van der Waals surface area contributed by atoms with Crippen LogP contribution in [-0.2, 0) is 6.42 Å². The molecule has 0 aliphatic carbocycles. The van der Waals surface area contributed by atoms with Crippen molar-refractivity contribution in [3.63, 3.8) is 0 Å². The second-order valence-electron chi connectivity index (χ2n) is 5.56. The number of likely N-dealkylation sites (tertiary alicyclic amines) is 1. The van der Waals surface area contributed by atoms with E-state index in [1.807, 2.05) is 17.5 Å². The van der Waals surface area contributed by atoms with Crippen molar-refractivity contribution in [2.75, 3.05) is 26.2 Å². The predicted molar refractivity (Wildman–Crippen MR) is 82.2 cm³/mol. The van der Waals surface area contributed by atoms with Gasteiger partial charge in [-0.2, -0.15) is 4.98 Å². The Bertz CT molecular complexity index is 533. The van der Waals surface area contributed by atoms with Crippen LogP contribution in [-0.4, -0.2) is 46.4 Å². The van der Waals surface area contributed by atoms with Gasteiger partial charge in [-0.05, 0) is 56.3 Å². The predicted octanol–water partition coefficient (Wildman–Crippen LogP) is 2.44. The van der Waals surface area contributed by atoms with Gasteiger partial charge in [0.2, 0.25) is 11.7 Å². The second kappa shape index (κ2) is 7.15. The van der Waals surface area contributed by atoms with Gasteiger partial charge in [-0.25, -0.2) is 0 Å². The number of nitrogens with zero attached hydrogens (tertiary/aromatic N) is 3. The maximum absolute atomic E-state index is 9.14. The highest BCUT2D eigenvalue weighted by Crippen LogP contribution is 2.21. The minimum atomic E-state index is 0.335. The van der Waals surface area contributed by atoms with Crippen molar-refractivity contribution < 1.29 is 9.63 Å². The lowest BCUT2D eigenvalue weighted by atomic mass is 9.98. The fourth-order valence-corrected chi connectivity index (χ4v) is 3.36. The molecule has 0 saturated carbocycles. The number of aliphatic hydroxyl groups is 1. The van der Waals surface area contributed by atoms with Crippen LogP contribution in [0.25, 0.3) is 10.7 Å². The van der Waals surface area contributed by atoms with Gasteiger partial charge >= 0.3 is 0 Å². The average Bonchev–Trinajstić information content (AvgIpc) is 3.19. The van der Waals surface area contributed by atoms with E-state index < -0.39 is 0 Å². The monoisotopic (exact) mass is 307 g/mol. The summed E-state index contributed by atoms with van der Waals surface area (Å²) in [5, 5.41) is 15.2. The van der Waals surface area contributed by atoms with E-state index in [2.05, 4.69) is 15.0 Å². The van der Waals surface area contributed by atoms with Crippen LogP contribution < -0.4 is 0 Å².